The number of hydrogen-bond acceptors (Lipinski definition) is 4. The minimum Gasteiger partial charge on any atom is -0.465 e. The highest BCUT2D eigenvalue weighted by Crippen LogP contribution is 2.24. The minimum absolute atomic E-state index is 0.00997. The molecule has 1 saturated heterocycles. The van der Waals surface area contributed by atoms with Gasteiger partial charge in [-0.05, 0) is 29.7 Å². The fourth-order valence-corrected chi connectivity index (χ4v) is 3.50. The van der Waals surface area contributed by atoms with Crippen LogP contribution in [0.1, 0.15) is 17.5 Å². The summed E-state index contributed by atoms with van der Waals surface area (Å²) in [5, 5.41) is 9.59. The van der Waals surface area contributed by atoms with Crippen molar-refractivity contribution in [2.45, 2.75) is 31.9 Å². The third-order valence-electron chi connectivity index (χ3n) is 4.99. The maximum Gasteiger partial charge on any atom is 0.573 e. The molecule has 1 unspecified atom stereocenters. The molecular formula is C22H23F3N2O5. The van der Waals surface area contributed by atoms with Gasteiger partial charge in [-0.2, -0.15) is 0 Å². The normalized spacial score (nSPS) is 17.2. The van der Waals surface area contributed by atoms with E-state index in [0.29, 0.717) is 25.1 Å². The van der Waals surface area contributed by atoms with Gasteiger partial charge in [0.15, 0.2) is 0 Å². The van der Waals surface area contributed by atoms with Gasteiger partial charge in [-0.15, -0.1) is 13.2 Å². The molecule has 10 heteroatoms. The number of carbonyl (C=O) groups excluding carboxylic acids is 1. The molecule has 0 radical (unpaired) electrons. The molecule has 0 aliphatic carbocycles. The molecule has 32 heavy (non-hydrogen) atoms. The lowest BCUT2D eigenvalue weighted by molar-refractivity contribution is -0.274. The van der Waals surface area contributed by atoms with Crippen molar-refractivity contribution >= 4 is 12.0 Å². The second-order valence-electron chi connectivity index (χ2n) is 7.31. The predicted octanol–water partition coefficient (Wildman–Crippen LogP) is 3.88. The van der Waals surface area contributed by atoms with E-state index in [4.69, 9.17) is 4.74 Å². The number of ether oxygens (including phenoxy) is 2. The second-order valence-corrected chi connectivity index (χ2v) is 7.31. The highest BCUT2D eigenvalue weighted by atomic mass is 19.4. The van der Waals surface area contributed by atoms with E-state index in [2.05, 4.69) is 4.74 Å². The molecule has 2 aromatic carbocycles. The Hall–Kier alpha value is -3.27. The Bertz CT molecular complexity index is 906. The average Bonchev–Trinajstić information content (AvgIpc) is 2.89. The van der Waals surface area contributed by atoms with Crippen LogP contribution in [0.2, 0.25) is 0 Å². The lowest BCUT2D eigenvalue weighted by Gasteiger charge is -2.29. The molecule has 0 spiro atoms. The van der Waals surface area contributed by atoms with Gasteiger partial charge in [-0.1, -0.05) is 42.5 Å². The Morgan fingerprint density at radius 3 is 2.34 bits per heavy atom. The lowest BCUT2D eigenvalue weighted by Crippen LogP contribution is -2.49. The van der Waals surface area contributed by atoms with E-state index in [-0.39, 0.29) is 25.4 Å². The van der Waals surface area contributed by atoms with Crippen molar-refractivity contribution < 1.29 is 37.3 Å². The molecule has 2 amide bonds. The van der Waals surface area contributed by atoms with Crippen LogP contribution in [0.15, 0.2) is 54.6 Å². The summed E-state index contributed by atoms with van der Waals surface area (Å²) >= 11 is 0. The summed E-state index contributed by atoms with van der Waals surface area (Å²) in [6, 6.07) is 13.5. The summed E-state index contributed by atoms with van der Waals surface area (Å²) in [6.45, 7) is 0.817. The van der Waals surface area contributed by atoms with Crippen LogP contribution in [0.4, 0.5) is 18.0 Å². The Morgan fingerprint density at radius 2 is 1.72 bits per heavy atom. The first kappa shape index (κ1) is 23.4. The molecule has 0 saturated carbocycles. The molecular weight excluding hydrogens is 429 g/mol. The minimum atomic E-state index is -4.81. The van der Waals surface area contributed by atoms with E-state index in [0.717, 1.165) is 22.6 Å². The summed E-state index contributed by atoms with van der Waals surface area (Å²) in [4.78, 5) is 27.4. The first-order valence-corrected chi connectivity index (χ1v) is 9.97. The third kappa shape index (κ3) is 6.61. The van der Waals surface area contributed by atoms with Crippen LogP contribution in [-0.2, 0) is 22.6 Å². The maximum atomic E-state index is 13.1. The van der Waals surface area contributed by atoms with Crippen molar-refractivity contribution in [3.8, 4) is 5.75 Å². The Balaban J connectivity index is 1.68. The van der Waals surface area contributed by atoms with Crippen LogP contribution >= 0.6 is 0 Å². The monoisotopic (exact) mass is 452 g/mol. The van der Waals surface area contributed by atoms with Crippen LogP contribution in [0.25, 0.3) is 0 Å². The second kappa shape index (κ2) is 10.4. The molecule has 3 rings (SSSR count). The van der Waals surface area contributed by atoms with Crippen LogP contribution in [0.3, 0.4) is 0 Å². The summed E-state index contributed by atoms with van der Waals surface area (Å²) in [6.07, 6.45) is -5.57. The van der Waals surface area contributed by atoms with Crippen molar-refractivity contribution in [2.75, 3.05) is 19.8 Å². The zero-order valence-corrected chi connectivity index (χ0v) is 17.1. The summed E-state index contributed by atoms with van der Waals surface area (Å²) < 4.78 is 46.6. The molecule has 1 atom stereocenters. The maximum absolute atomic E-state index is 13.1. The van der Waals surface area contributed by atoms with Crippen molar-refractivity contribution in [3.05, 3.63) is 65.7 Å². The highest BCUT2D eigenvalue weighted by molar-refractivity contribution is 5.86. The Labute approximate surface area is 182 Å². The Kier molecular flexibility index (Phi) is 7.57. The highest BCUT2D eigenvalue weighted by Gasteiger charge is 2.36. The van der Waals surface area contributed by atoms with E-state index in [1.807, 2.05) is 30.3 Å². The number of amides is 2. The number of hydrogen-bond donors (Lipinski definition) is 1. The SMILES string of the molecule is O=C1C(Cc2ccc(OC(F)(F)F)cc2)N(C(=O)O)CCCN1COCc1ccccc1. The fraction of sp³-hybridized carbons (Fsp3) is 0.364. The van der Waals surface area contributed by atoms with Gasteiger partial charge >= 0.3 is 12.5 Å². The van der Waals surface area contributed by atoms with Crippen LogP contribution in [-0.4, -0.2) is 59.1 Å². The zero-order chi connectivity index (χ0) is 23.1. The number of nitrogens with zero attached hydrogens (tertiary/aromatic N) is 2. The van der Waals surface area contributed by atoms with E-state index < -0.39 is 24.4 Å². The van der Waals surface area contributed by atoms with E-state index in [9.17, 15) is 27.9 Å². The third-order valence-corrected chi connectivity index (χ3v) is 4.99. The van der Waals surface area contributed by atoms with E-state index in [1.54, 1.807) is 0 Å². The van der Waals surface area contributed by atoms with Gasteiger partial charge in [-0.25, -0.2) is 4.79 Å². The topological polar surface area (TPSA) is 79.3 Å². The lowest BCUT2D eigenvalue weighted by atomic mass is 10.0. The van der Waals surface area contributed by atoms with Crippen molar-refractivity contribution in [3.63, 3.8) is 0 Å². The number of rotatable bonds is 7. The molecule has 1 fully saturated rings. The number of halogens is 3. The number of alkyl halides is 3. The summed E-state index contributed by atoms with van der Waals surface area (Å²) in [5.41, 5.74) is 1.45. The first-order valence-electron chi connectivity index (χ1n) is 9.97. The smallest absolute Gasteiger partial charge is 0.465 e. The standard InChI is InChI=1S/C22H23F3N2O5/c23-22(24,25)32-18-9-7-16(8-10-18)13-19-20(28)26(11-4-12-27(19)21(29)30)15-31-14-17-5-2-1-3-6-17/h1-3,5-10,19H,4,11-15H2,(H,29,30). The summed E-state index contributed by atoms with van der Waals surface area (Å²) in [7, 11) is 0. The van der Waals surface area contributed by atoms with Crippen molar-refractivity contribution in [1.29, 1.82) is 0 Å². The van der Waals surface area contributed by atoms with E-state index >= 15 is 0 Å². The van der Waals surface area contributed by atoms with Gasteiger partial charge in [-0.3, -0.25) is 9.69 Å². The van der Waals surface area contributed by atoms with Crippen molar-refractivity contribution in [2.24, 2.45) is 0 Å². The predicted molar refractivity (Wildman–Crippen MR) is 108 cm³/mol. The molecule has 172 valence electrons. The van der Waals surface area contributed by atoms with Gasteiger partial charge in [0.1, 0.15) is 18.5 Å². The van der Waals surface area contributed by atoms with Crippen molar-refractivity contribution in [1.82, 2.24) is 9.80 Å². The molecule has 1 N–H and O–H groups in total. The molecule has 1 heterocycles. The summed E-state index contributed by atoms with van der Waals surface area (Å²) in [5.74, 6) is -0.798. The molecule has 2 aromatic rings. The molecule has 1 aliphatic heterocycles. The van der Waals surface area contributed by atoms with Crippen LogP contribution in [0, 0.1) is 0 Å². The van der Waals surface area contributed by atoms with Gasteiger partial charge in [0.2, 0.25) is 5.91 Å². The Morgan fingerprint density at radius 1 is 1.03 bits per heavy atom. The van der Waals surface area contributed by atoms with E-state index in [1.165, 1.54) is 17.0 Å². The number of carboxylic acid groups (broad SMARTS) is 1. The van der Waals surface area contributed by atoms with Gasteiger partial charge in [0, 0.05) is 19.5 Å². The molecule has 0 bridgehead atoms. The van der Waals surface area contributed by atoms with Crippen LogP contribution < -0.4 is 4.74 Å². The average molecular weight is 452 g/mol. The number of benzene rings is 2. The fourth-order valence-electron chi connectivity index (χ4n) is 3.50. The van der Waals surface area contributed by atoms with Gasteiger partial charge in [0.25, 0.3) is 0 Å². The first-order chi connectivity index (χ1) is 15.2. The molecule has 0 aromatic heterocycles. The van der Waals surface area contributed by atoms with Gasteiger partial charge in [0.05, 0.1) is 6.61 Å². The zero-order valence-electron chi connectivity index (χ0n) is 17.1. The molecule has 7 nitrogen and oxygen atoms in total. The number of carbonyl (C=O) groups is 2. The largest absolute Gasteiger partial charge is 0.573 e. The quantitative estimate of drug-likeness (QED) is 0.690. The van der Waals surface area contributed by atoms with Gasteiger partial charge < -0.3 is 19.5 Å². The van der Waals surface area contributed by atoms with Crippen LogP contribution in [0.5, 0.6) is 5.75 Å². The molecule has 1 aliphatic rings.